The van der Waals surface area contributed by atoms with Gasteiger partial charge in [-0.1, -0.05) is 30.3 Å². The number of rotatable bonds is 5. The van der Waals surface area contributed by atoms with Crippen LogP contribution in [0.4, 0.5) is 11.5 Å². The number of pyridine rings is 1. The molecule has 0 atom stereocenters. The first-order chi connectivity index (χ1) is 9.99. The summed E-state index contributed by atoms with van der Waals surface area (Å²) in [5.41, 5.74) is 7.60. The Balaban J connectivity index is 2.32. The van der Waals surface area contributed by atoms with E-state index in [1.54, 1.807) is 0 Å². The zero-order valence-corrected chi connectivity index (χ0v) is 12.2. The molecular formula is C16H19N3O2. The highest BCUT2D eigenvalue weighted by molar-refractivity contribution is 5.89. The van der Waals surface area contributed by atoms with Crippen molar-refractivity contribution in [2.75, 3.05) is 10.6 Å². The third-order valence-electron chi connectivity index (χ3n) is 3.23. The Kier molecular flexibility index (Phi) is 4.42. The van der Waals surface area contributed by atoms with Crippen LogP contribution in [0.5, 0.6) is 0 Å². The van der Waals surface area contributed by atoms with Gasteiger partial charge < -0.3 is 15.7 Å². The van der Waals surface area contributed by atoms with Crippen molar-refractivity contribution in [3.63, 3.8) is 0 Å². The van der Waals surface area contributed by atoms with Crippen LogP contribution in [0.1, 0.15) is 29.8 Å². The van der Waals surface area contributed by atoms with E-state index in [1.807, 2.05) is 30.3 Å². The average molecular weight is 285 g/mol. The summed E-state index contributed by atoms with van der Waals surface area (Å²) in [6.07, 6.45) is 1.34. The van der Waals surface area contributed by atoms with Crippen LogP contribution < -0.4 is 10.6 Å². The van der Waals surface area contributed by atoms with Crippen LogP contribution in [0.15, 0.2) is 42.6 Å². The highest BCUT2D eigenvalue weighted by atomic mass is 16.4. The van der Waals surface area contributed by atoms with Gasteiger partial charge in [-0.25, -0.2) is 9.78 Å². The zero-order chi connectivity index (χ0) is 15.4. The van der Waals surface area contributed by atoms with Gasteiger partial charge in [0.2, 0.25) is 0 Å². The van der Waals surface area contributed by atoms with E-state index >= 15 is 0 Å². The lowest BCUT2D eigenvalue weighted by molar-refractivity contribution is 0.0696. The molecule has 0 spiro atoms. The minimum atomic E-state index is -1.03. The monoisotopic (exact) mass is 285 g/mol. The maximum atomic E-state index is 11.0. The highest BCUT2D eigenvalue weighted by Crippen LogP contribution is 2.25. The van der Waals surface area contributed by atoms with Crippen LogP contribution in [0.25, 0.3) is 0 Å². The van der Waals surface area contributed by atoms with Crippen molar-refractivity contribution in [2.45, 2.75) is 26.4 Å². The molecule has 0 fully saturated rings. The number of hydrogen-bond donors (Lipinski definition) is 2. The largest absolute Gasteiger partial charge is 0.478 e. The third kappa shape index (κ3) is 3.51. The summed E-state index contributed by atoms with van der Waals surface area (Å²) >= 11 is 0. The van der Waals surface area contributed by atoms with Gasteiger partial charge >= 0.3 is 5.97 Å². The van der Waals surface area contributed by atoms with Crippen LogP contribution in [0.2, 0.25) is 0 Å². The summed E-state index contributed by atoms with van der Waals surface area (Å²) in [6, 6.07) is 11.7. The molecule has 0 aliphatic rings. The first-order valence-corrected chi connectivity index (χ1v) is 6.78. The molecule has 0 bridgehead atoms. The van der Waals surface area contributed by atoms with Crippen molar-refractivity contribution in [3.05, 3.63) is 53.7 Å². The van der Waals surface area contributed by atoms with Crippen LogP contribution in [-0.4, -0.2) is 22.1 Å². The Labute approximate surface area is 124 Å². The third-order valence-corrected chi connectivity index (χ3v) is 3.23. The number of nitrogens with two attached hydrogens (primary N) is 1. The Hall–Kier alpha value is -2.56. The Morgan fingerprint density at radius 1 is 1.33 bits per heavy atom. The van der Waals surface area contributed by atoms with Gasteiger partial charge in [0.05, 0.1) is 11.3 Å². The fourth-order valence-corrected chi connectivity index (χ4v) is 2.11. The van der Waals surface area contributed by atoms with E-state index in [-0.39, 0.29) is 11.6 Å². The predicted octanol–water partition coefficient (Wildman–Crippen LogP) is 2.78. The van der Waals surface area contributed by atoms with Crippen LogP contribution >= 0.6 is 0 Å². The van der Waals surface area contributed by atoms with E-state index < -0.39 is 5.97 Å². The van der Waals surface area contributed by atoms with Gasteiger partial charge in [-0.05, 0) is 25.5 Å². The number of carbonyl (C=O) groups is 1. The number of aromatic nitrogens is 1. The van der Waals surface area contributed by atoms with Gasteiger partial charge in [0.25, 0.3) is 0 Å². The molecule has 1 aromatic carbocycles. The minimum Gasteiger partial charge on any atom is -0.478 e. The van der Waals surface area contributed by atoms with Crippen molar-refractivity contribution >= 4 is 17.5 Å². The molecule has 1 aromatic heterocycles. The number of benzene rings is 1. The van der Waals surface area contributed by atoms with E-state index in [4.69, 9.17) is 10.8 Å². The summed E-state index contributed by atoms with van der Waals surface area (Å²) in [7, 11) is 0. The van der Waals surface area contributed by atoms with E-state index in [9.17, 15) is 4.79 Å². The molecule has 0 unspecified atom stereocenters. The molecule has 1 heterocycles. The van der Waals surface area contributed by atoms with Gasteiger partial charge in [-0.2, -0.15) is 0 Å². The van der Waals surface area contributed by atoms with Crippen LogP contribution in [0.3, 0.4) is 0 Å². The molecule has 0 aliphatic carbocycles. The molecule has 0 saturated carbocycles. The predicted molar refractivity (Wildman–Crippen MR) is 83.4 cm³/mol. The number of aromatic carboxylic acids is 1. The number of hydrogen-bond acceptors (Lipinski definition) is 4. The molecule has 3 N–H and O–H groups in total. The van der Waals surface area contributed by atoms with E-state index in [2.05, 4.69) is 23.7 Å². The summed E-state index contributed by atoms with van der Waals surface area (Å²) in [5.74, 6) is -0.418. The number of anilines is 2. The molecule has 5 heteroatoms. The number of nitrogens with zero attached hydrogens (tertiary/aromatic N) is 2. The smallest absolute Gasteiger partial charge is 0.337 e. The second-order valence-corrected chi connectivity index (χ2v) is 5.15. The molecule has 0 saturated heterocycles. The number of carboxylic acids is 1. The standard InChI is InChI=1S/C16H19N3O2/c1-11(2)19(10-12-6-4-3-5-7-12)15-14(17)8-13(9-18-15)16(20)21/h3-9,11H,10,17H2,1-2H3,(H,20,21). The Morgan fingerprint density at radius 2 is 2.00 bits per heavy atom. The van der Waals surface area contributed by atoms with Crippen molar-refractivity contribution in [3.8, 4) is 0 Å². The quantitative estimate of drug-likeness (QED) is 0.883. The lowest BCUT2D eigenvalue weighted by Crippen LogP contribution is -2.31. The van der Waals surface area contributed by atoms with Crippen molar-refractivity contribution in [2.24, 2.45) is 0 Å². The topological polar surface area (TPSA) is 79.5 Å². The summed E-state index contributed by atoms with van der Waals surface area (Å²) in [4.78, 5) is 17.2. The van der Waals surface area contributed by atoms with Crippen LogP contribution in [0, 0.1) is 0 Å². The first-order valence-electron chi connectivity index (χ1n) is 6.78. The SMILES string of the molecule is CC(C)N(Cc1ccccc1)c1ncc(C(=O)O)cc1N. The maximum Gasteiger partial charge on any atom is 0.337 e. The summed E-state index contributed by atoms with van der Waals surface area (Å²) in [5, 5.41) is 8.97. The van der Waals surface area contributed by atoms with Gasteiger partial charge in [-0.3, -0.25) is 0 Å². The molecule has 2 rings (SSSR count). The molecule has 21 heavy (non-hydrogen) atoms. The van der Waals surface area contributed by atoms with E-state index in [0.29, 0.717) is 18.1 Å². The van der Waals surface area contributed by atoms with Gasteiger partial charge in [0.15, 0.2) is 5.82 Å². The van der Waals surface area contributed by atoms with Crippen molar-refractivity contribution < 1.29 is 9.90 Å². The normalized spacial score (nSPS) is 10.6. The Bertz CT molecular complexity index is 627. The Morgan fingerprint density at radius 3 is 2.52 bits per heavy atom. The molecule has 0 amide bonds. The maximum absolute atomic E-state index is 11.0. The fourth-order valence-electron chi connectivity index (χ4n) is 2.11. The lowest BCUT2D eigenvalue weighted by atomic mass is 10.1. The molecule has 110 valence electrons. The molecular weight excluding hydrogens is 266 g/mol. The first kappa shape index (κ1) is 14.8. The summed E-state index contributed by atoms with van der Waals surface area (Å²) in [6.45, 7) is 4.77. The molecule has 5 nitrogen and oxygen atoms in total. The molecule has 0 aliphatic heterocycles. The van der Waals surface area contributed by atoms with Crippen LogP contribution in [-0.2, 0) is 6.54 Å². The zero-order valence-electron chi connectivity index (χ0n) is 12.2. The molecule has 2 aromatic rings. The van der Waals surface area contributed by atoms with E-state index in [0.717, 1.165) is 5.56 Å². The van der Waals surface area contributed by atoms with Crippen molar-refractivity contribution in [1.29, 1.82) is 0 Å². The highest BCUT2D eigenvalue weighted by Gasteiger charge is 2.17. The van der Waals surface area contributed by atoms with Gasteiger partial charge in [-0.15, -0.1) is 0 Å². The van der Waals surface area contributed by atoms with Crippen molar-refractivity contribution in [1.82, 2.24) is 4.98 Å². The minimum absolute atomic E-state index is 0.0969. The van der Waals surface area contributed by atoms with Gasteiger partial charge in [0.1, 0.15) is 0 Å². The summed E-state index contributed by atoms with van der Waals surface area (Å²) < 4.78 is 0. The number of carboxylic acid groups (broad SMARTS) is 1. The lowest BCUT2D eigenvalue weighted by Gasteiger charge is -2.29. The second kappa shape index (κ2) is 6.26. The number of nitrogen functional groups attached to an aromatic ring is 1. The average Bonchev–Trinajstić information content (AvgIpc) is 2.46. The van der Waals surface area contributed by atoms with E-state index in [1.165, 1.54) is 12.3 Å². The fraction of sp³-hybridized carbons (Fsp3) is 0.250. The van der Waals surface area contributed by atoms with Gasteiger partial charge in [0, 0.05) is 18.8 Å². The molecule has 0 radical (unpaired) electrons. The second-order valence-electron chi connectivity index (χ2n) is 5.15.